The number of nitrogens with one attached hydrogen (secondary N) is 1. The van der Waals surface area contributed by atoms with Crippen LogP contribution in [0.15, 0.2) is 28.8 Å². The fourth-order valence-corrected chi connectivity index (χ4v) is 4.81. The Morgan fingerprint density at radius 1 is 1.21 bits per heavy atom. The highest BCUT2D eigenvalue weighted by molar-refractivity contribution is 5.85. The molecule has 0 spiro atoms. The van der Waals surface area contributed by atoms with E-state index in [1.165, 1.54) is 24.8 Å². The van der Waals surface area contributed by atoms with E-state index >= 15 is 0 Å². The van der Waals surface area contributed by atoms with Gasteiger partial charge in [-0.2, -0.15) is 4.98 Å². The summed E-state index contributed by atoms with van der Waals surface area (Å²) in [6.07, 6.45) is 7.15. The smallest absolute Gasteiger partial charge is 0.257 e. The molecular formula is C22H31ClN4O2. The van der Waals surface area contributed by atoms with Crippen molar-refractivity contribution in [1.29, 1.82) is 0 Å². The van der Waals surface area contributed by atoms with Crippen LogP contribution in [0.25, 0.3) is 11.5 Å². The van der Waals surface area contributed by atoms with Crippen molar-refractivity contribution in [2.75, 3.05) is 6.54 Å². The number of nitrogens with two attached hydrogens (primary N) is 1. The van der Waals surface area contributed by atoms with Gasteiger partial charge in [0.2, 0.25) is 5.91 Å². The van der Waals surface area contributed by atoms with Gasteiger partial charge in [0.25, 0.3) is 5.89 Å². The van der Waals surface area contributed by atoms with Crippen LogP contribution in [0.2, 0.25) is 0 Å². The van der Waals surface area contributed by atoms with E-state index in [4.69, 9.17) is 10.3 Å². The number of fused-ring (bicyclic) bond motifs is 2. The molecule has 1 amide bonds. The zero-order valence-electron chi connectivity index (χ0n) is 17.0. The number of benzene rings is 1. The van der Waals surface area contributed by atoms with Gasteiger partial charge in [-0.25, -0.2) is 0 Å². The van der Waals surface area contributed by atoms with Crippen molar-refractivity contribution in [1.82, 2.24) is 15.5 Å². The van der Waals surface area contributed by atoms with Crippen molar-refractivity contribution >= 4 is 18.3 Å². The summed E-state index contributed by atoms with van der Waals surface area (Å²) in [4.78, 5) is 17.0. The zero-order chi connectivity index (χ0) is 19.5. The highest BCUT2D eigenvalue weighted by atomic mass is 35.5. The lowest BCUT2D eigenvalue weighted by molar-refractivity contribution is -0.127. The number of carbonyl (C=O) groups is 1. The maximum absolute atomic E-state index is 12.6. The lowest BCUT2D eigenvalue weighted by atomic mass is 9.65. The Kier molecular flexibility index (Phi) is 7.30. The molecule has 2 atom stereocenters. The second-order valence-corrected chi connectivity index (χ2v) is 8.30. The Morgan fingerprint density at radius 3 is 2.52 bits per heavy atom. The first-order valence-electron chi connectivity index (χ1n) is 10.6. The molecule has 7 heteroatoms. The third-order valence-electron chi connectivity index (χ3n) is 6.48. The Morgan fingerprint density at radius 2 is 1.90 bits per heavy atom. The van der Waals surface area contributed by atoms with Crippen molar-refractivity contribution in [2.24, 2.45) is 23.5 Å². The SMILES string of the molecule is CCc1noc(-c2ccc(CCNC(=O)C3CC4CCCC(C3)C4N)cc2)n1.Cl. The van der Waals surface area contributed by atoms with Crippen LogP contribution < -0.4 is 11.1 Å². The third kappa shape index (κ3) is 4.98. The largest absolute Gasteiger partial charge is 0.356 e. The summed E-state index contributed by atoms with van der Waals surface area (Å²) in [7, 11) is 0. The van der Waals surface area contributed by atoms with Crippen molar-refractivity contribution in [3.63, 3.8) is 0 Å². The second kappa shape index (κ2) is 9.72. The Balaban J connectivity index is 0.00000240. The van der Waals surface area contributed by atoms with Crippen LogP contribution in [0.1, 0.15) is 50.4 Å². The van der Waals surface area contributed by atoms with Gasteiger partial charge in [-0.05, 0) is 61.6 Å². The Labute approximate surface area is 178 Å². The maximum atomic E-state index is 12.6. The molecule has 158 valence electrons. The topological polar surface area (TPSA) is 94.0 Å². The normalized spacial score (nSPS) is 25.9. The number of hydrogen-bond donors (Lipinski definition) is 2. The van der Waals surface area contributed by atoms with E-state index in [1.807, 2.05) is 19.1 Å². The van der Waals surface area contributed by atoms with E-state index in [1.54, 1.807) is 0 Å². The molecule has 2 aliphatic rings. The molecule has 1 aromatic carbocycles. The van der Waals surface area contributed by atoms with Crippen LogP contribution in [-0.4, -0.2) is 28.6 Å². The first kappa shape index (κ1) is 21.8. The number of rotatable bonds is 6. The molecule has 2 aromatic rings. The minimum atomic E-state index is 0. The summed E-state index contributed by atoms with van der Waals surface area (Å²) >= 11 is 0. The molecule has 2 unspecified atom stereocenters. The Bertz CT molecular complexity index is 793. The highest BCUT2D eigenvalue weighted by Gasteiger charge is 2.40. The number of aromatic nitrogens is 2. The van der Waals surface area contributed by atoms with E-state index in [0.717, 1.165) is 37.1 Å². The average molecular weight is 419 g/mol. The van der Waals surface area contributed by atoms with E-state index in [2.05, 4.69) is 27.6 Å². The van der Waals surface area contributed by atoms with Gasteiger partial charge in [0.1, 0.15) is 0 Å². The molecule has 3 N–H and O–H groups in total. The van der Waals surface area contributed by atoms with Crippen LogP contribution >= 0.6 is 12.4 Å². The van der Waals surface area contributed by atoms with Crippen molar-refractivity contribution in [3.05, 3.63) is 35.7 Å². The molecule has 2 bridgehead atoms. The first-order valence-corrected chi connectivity index (χ1v) is 10.6. The molecule has 6 nitrogen and oxygen atoms in total. The average Bonchev–Trinajstić information content (AvgIpc) is 3.17. The van der Waals surface area contributed by atoms with E-state index in [-0.39, 0.29) is 24.2 Å². The van der Waals surface area contributed by atoms with Crippen LogP contribution in [0, 0.1) is 17.8 Å². The lowest BCUT2D eigenvalue weighted by Gasteiger charge is -2.43. The molecule has 2 saturated carbocycles. The lowest BCUT2D eigenvalue weighted by Crippen LogP contribution is -2.49. The predicted octanol–water partition coefficient (Wildman–Crippen LogP) is 3.53. The minimum Gasteiger partial charge on any atom is -0.356 e. The van der Waals surface area contributed by atoms with Gasteiger partial charge in [-0.1, -0.05) is 30.6 Å². The minimum absolute atomic E-state index is 0. The van der Waals surface area contributed by atoms with Gasteiger partial charge < -0.3 is 15.6 Å². The van der Waals surface area contributed by atoms with Gasteiger partial charge in [0.15, 0.2) is 5.82 Å². The predicted molar refractivity (Wildman–Crippen MR) is 115 cm³/mol. The quantitative estimate of drug-likeness (QED) is 0.748. The van der Waals surface area contributed by atoms with Crippen molar-refractivity contribution in [2.45, 2.75) is 57.9 Å². The molecule has 0 saturated heterocycles. The number of hydrogen-bond acceptors (Lipinski definition) is 5. The standard InChI is InChI=1S/C22H30N4O2.ClH/c1-2-19-25-22(28-26-19)15-8-6-14(7-9-15)10-11-24-21(27)18-12-16-4-3-5-17(13-18)20(16)23;/h6-9,16-18,20H,2-5,10-13,23H2,1H3,(H,24,27);1H. The maximum Gasteiger partial charge on any atom is 0.257 e. The number of nitrogens with zero attached hydrogens (tertiary/aromatic N) is 2. The summed E-state index contributed by atoms with van der Waals surface area (Å²) in [6.45, 7) is 2.66. The van der Waals surface area contributed by atoms with E-state index < -0.39 is 0 Å². The first-order chi connectivity index (χ1) is 13.6. The molecule has 0 aliphatic heterocycles. The van der Waals surface area contributed by atoms with E-state index in [9.17, 15) is 4.79 Å². The van der Waals surface area contributed by atoms with Crippen LogP contribution in [0.4, 0.5) is 0 Å². The molecule has 1 aromatic heterocycles. The summed E-state index contributed by atoms with van der Waals surface area (Å²) in [5.74, 6) is 2.69. The van der Waals surface area contributed by atoms with Gasteiger partial charge in [0, 0.05) is 30.5 Å². The number of aryl methyl sites for hydroxylation is 1. The summed E-state index contributed by atoms with van der Waals surface area (Å²) < 4.78 is 5.27. The Hall–Kier alpha value is -1.92. The molecule has 4 rings (SSSR count). The van der Waals surface area contributed by atoms with Crippen molar-refractivity contribution in [3.8, 4) is 11.5 Å². The van der Waals surface area contributed by atoms with E-state index in [0.29, 0.717) is 30.3 Å². The van der Waals surface area contributed by atoms with Gasteiger partial charge in [0.05, 0.1) is 0 Å². The fraction of sp³-hybridized carbons (Fsp3) is 0.591. The zero-order valence-corrected chi connectivity index (χ0v) is 17.8. The van der Waals surface area contributed by atoms with Crippen LogP contribution in [0.5, 0.6) is 0 Å². The number of halogens is 1. The molecule has 2 fully saturated rings. The molecule has 29 heavy (non-hydrogen) atoms. The molecule has 2 aliphatic carbocycles. The molecule has 0 radical (unpaired) electrons. The highest BCUT2D eigenvalue weighted by Crippen LogP contribution is 2.41. The summed E-state index contributed by atoms with van der Waals surface area (Å²) in [5, 5.41) is 7.07. The van der Waals surface area contributed by atoms with Gasteiger partial charge >= 0.3 is 0 Å². The molecular weight excluding hydrogens is 388 g/mol. The third-order valence-corrected chi connectivity index (χ3v) is 6.48. The van der Waals surface area contributed by atoms with Crippen molar-refractivity contribution < 1.29 is 9.32 Å². The monoisotopic (exact) mass is 418 g/mol. The number of amides is 1. The van der Waals surface area contributed by atoms with Crippen LogP contribution in [-0.2, 0) is 17.6 Å². The molecule has 1 heterocycles. The summed E-state index contributed by atoms with van der Waals surface area (Å²) in [5.41, 5.74) is 8.44. The number of carbonyl (C=O) groups excluding carboxylic acids is 1. The second-order valence-electron chi connectivity index (χ2n) is 8.30. The van der Waals surface area contributed by atoms with Crippen LogP contribution in [0.3, 0.4) is 0 Å². The van der Waals surface area contributed by atoms with Gasteiger partial charge in [-0.15, -0.1) is 12.4 Å². The fourth-order valence-electron chi connectivity index (χ4n) is 4.81. The van der Waals surface area contributed by atoms with Gasteiger partial charge in [-0.3, -0.25) is 4.79 Å². The summed E-state index contributed by atoms with van der Waals surface area (Å²) in [6, 6.07) is 8.41.